The van der Waals surface area contributed by atoms with E-state index in [1.807, 2.05) is 20.8 Å². The van der Waals surface area contributed by atoms with Gasteiger partial charge in [-0.3, -0.25) is 0 Å². The second kappa shape index (κ2) is 10.7. The van der Waals surface area contributed by atoms with Gasteiger partial charge in [-0.25, -0.2) is 0 Å². The minimum Gasteiger partial charge on any atom is -1.00 e. The lowest BCUT2D eigenvalue weighted by molar-refractivity contribution is -0.698. The van der Waals surface area contributed by atoms with Crippen molar-refractivity contribution < 1.29 is 30.3 Å². The first-order valence-electron chi connectivity index (χ1n) is 7.01. The minimum atomic E-state index is -2.46. The molecule has 0 N–H and O–H groups in total. The van der Waals surface area contributed by atoms with Crippen LogP contribution in [0, 0.1) is 6.92 Å². The van der Waals surface area contributed by atoms with Crippen molar-refractivity contribution in [1.29, 1.82) is 0 Å². The van der Waals surface area contributed by atoms with E-state index in [0.29, 0.717) is 19.8 Å². The lowest BCUT2D eigenvalue weighted by atomic mass is 10.4. The predicted octanol–water partition coefficient (Wildman–Crippen LogP) is -0.213. The van der Waals surface area contributed by atoms with Crippen LogP contribution in [-0.2, 0) is 19.8 Å². The van der Waals surface area contributed by atoms with E-state index >= 15 is 0 Å². The highest BCUT2D eigenvalue weighted by atomic mass is 35.5. The Morgan fingerprint density at radius 2 is 1.65 bits per heavy atom. The maximum Gasteiger partial charge on any atom is 0.501 e. The molecule has 1 heterocycles. The summed E-state index contributed by atoms with van der Waals surface area (Å²) in [7, 11) is -2.46. The van der Waals surface area contributed by atoms with Gasteiger partial charge in [-0.15, -0.1) is 0 Å². The molecule has 0 aliphatic rings. The van der Waals surface area contributed by atoms with Crippen LogP contribution in [0.2, 0.25) is 6.04 Å². The second-order valence-corrected chi connectivity index (χ2v) is 7.73. The second-order valence-electron chi connectivity index (χ2n) is 4.28. The Kier molecular flexibility index (Phi) is 10.7. The third-order valence-corrected chi connectivity index (χ3v) is 6.86. The molecule has 0 radical (unpaired) electrons. The number of thiazole rings is 1. The molecule has 7 heteroatoms. The molecule has 1 aromatic rings. The van der Waals surface area contributed by atoms with Gasteiger partial charge in [0.1, 0.15) is 6.54 Å². The lowest BCUT2D eigenvalue weighted by Gasteiger charge is -2.28. The Morgan fingerprint density at radius 3 is 2.05 bits per heavy atom. The summed E-state index contributed by atoms with van der Waals surface area (Å²) in [6.45, 7) is 11.1. The molecule has 0 saturated heterocycles. The summed E-state index contributed by atoms with van der Waals surface area (Å²) in [5.41, 5.74) is 3.46. The fourth-order valence-corrected chi connectivity index (χ4v) is 5.45. The van der Waals surface area contributed by atoms with Crippen molar-refractivity contribution in [1.82, 2.24) is 0 Å². The number of halogens is 1. The molecule has 0 atom stereocenters. The van der Waals surface area contributed by atoms with Gasteiger partial charge in [-0.1, -0.05) is 11.3 Å². The molecule has 0 unspecified atom stereocenters. The number of aryl methyl sites for hydroxylation is 2. The number of aromatic nitrogens is 1. The van der Waals surface area contributed by atoms with Crippen molar-refractivity contribution >= 4 is 20.1 Å². The topological polar surface area (TPSA) is 31.6 Å². The first-order valence-corrected chi connectivity index (χ1v) is 9.89. The van der Waals surface area contributed by atoms with Gasteiger partial charge in [-0.2, -0.15) is 4.57 Å². The van der Waals surface area contributed by atoms with E-state index in [2.05, 4.69) is 22.4 Å². The Morgan fingerprint density at radius 1 is 1.10 bits per heavy atom. The van der Waals surface area contributed by atoms with Crippen molar-refractivity contribution in [3.05, 3.63) is 16.6 Å². The zero-order valence-corrected chi connectivity index (χ0v) is 15.4. The van der Waals surface area contributed by atoms with E-state index < -0.39 is 8.80 Å². The predicted molar refractivity (Wildman–Crippen MR) is 79.3 cm³/mol. The Hall–Kier alpha value is 0.0169. The SMILES string of the molecule is CCO[Si](CCC[n+]1cscc1C)(OCC)OCC.[Cl-]. The van der Waals surface area contributed by atoms with Crippen LogP contribution in [0.25, 0.3) is 0 Å². The van der Waals surface area contributed by atoms with Gasteiger partial charge in [0.05, 0.1) is 5.38 Å². The summed E-state index contributed by atoms with van der Waals surface area (Å²) in [5, 5.41) is 2.16. The summed E-state index contributed by atoms with van der Waals surface area (Å²) in [5.74, 6) is 0. The first-order chi connectivity index (χ1) is 9.17. The van der Waals surface area contributed by atoms with Crippen LogP contribution in [0.1, 0.15) is 32.9 Å². The van der Waals surface area contributed by atoms with Gasteiger partial charge in [0.25, 0.3) is 0 Å². The largest absolute Gasteiger partial charge is 1.00 e. The highest BCUT2D eigenvalue weighted by molar-refractivity contribution is 7.07. The quantitative estimate of drug-likeness (QED) is 0.436. The molecule has 0 spiro atoms. The van der Waals surface area contributed by atoms with Gasteiger partial charge in [0.2, 0.25) is 5.51 Å². The number of rotatable bonds is 10. The highest BCUT2D eigenvalue weighted by Gasteiger charge is 2.40. The van der Waals surface area contributed by atoms with E-state index in [-0.39, 0.29) is 12.4 Å². The Bertz CT molecular complexity index is 348. The van der Waals surface area contributed by atoms with E-state index in [4.69, 9.17) is 13.3 Å². The molecular weight excluding hydrogens is 314 g/mol. The Balaban J connectivity index is 0.00000361. The summed E-state index contributed by atoms with van der Waals surface area (Å²) >= 11 is 1.74. The number of hydrogen-bond donors (Lipinski definition) is 0. The van der Waals surface area contributed by atoms with E-state index in [1.54, 1.807) is 11.3 Å². The maximum absolute atomic E-state index is 5.85. The van der Waals surface area contributed by atoms with Crippen LogP contribution < -0.4 is 17.0 Å². The maximum atomic E-state index is 5.85. The normalized spacial score (nSPS) is 11.4. The Labute approximate surface area is 133 Å². The summed E-state index contributed by atoms with van der Waals surface area (Å²) in [6.07, 6.45) is 1.02. The molecule has 0 amide bonds. The third kappa shape index (κ3) is 6.20. The molecule has 4 nitrogen and oxygen atoms in total. The van der Waals surface area contributed by atoms with Crippen molar-refractivity contribution in [3.8, 4) is 0 Å². The fourth-order valence-electron chi connectivity index (χ4n) is 2.05. The number of hydrogen-bond acceptors (Lipinski definition) is 4. The van der Waals surface area contributed by atoms with Gasteiger partial charge >= 0.3 is 8.80 Å². The van der Waals surface area contributed by atoms with Crippen LogP contribution in [0.3, 0.4) is 0 Å². The summed E-state index contributed by atoms with van der Waals surface area (Å²) < 4.78 is 19.8. The zero-order valence-electron chi connectivity index (χ0n) is 12.9. The highest BCUT2D eigenvalue weighted by Crippen LogP contribution is 2.18. The molecule has 0 bridgehead atoms. The van der Waals surface area contributed by atoms with Crippen LogP contribution in [0.15, 0.2) is 10.9 Å². The van der Waals surface area contributed by atoms with Crippen molar-refractivity contribution in [2.24, 2.45) is 0 Å². The molecular formula is C13H26ClNO3SSi. The van der Waals surface area contributed by atoms with Gasteiger partial charge in [0, 0.05) is 39.2 Å². The smallest absolute Gasteiger partial charge is 0.501 e. The molecule has 0 saturated carbocycles. The van der Waals surface area contributed by atoms with Crippen LogP contribution in [0.4, 0.5) is 0 Å². The molecule has 0 fully saturated rings. The van der Waals surface area contributed by atoms with Gasteiger partial charge in [0.15, 0.2) is 5.69 Å². The minimum absolute atomic E-state index is 0. The first kappa shape index (κ1) is 20.0. The summed E-state index contributed by atoms with van der Waals surface area (Å²) in [4.78, 5) is 0. The van der Waals surface area contributed by atoms with E-state index in [0.717, 1.165) is 19.0 Å². The van der Waals surface area contributed by atoms with Crippen LogP contribution in [0.5, 0.6) is 0 Å². The molecule has 118 valence electrons. The third-order valence-electron chi connectivity index (χ3n) is 2.85. The van der Waals surface area contributed by atoms with Crippen LogP contribution in [-0.4, -0.2) is 28.6 Å². The van der Waals surface area contributed by atoms with Gasteiger partial charge < -0.3 is 25.7 Å². The van der Waals surface area contributed by atoms with E-state index in [9.17, 15) is 0 Å². The average molecular weight is 340 g/mol. The lowest BCUT2D eigenvalue weighted by Crippen LogP contribution is -3.00. The molecule has 1 aromatic heterocycles. The molecule has 0 aliphatic heterocycles. The van der Waals surface area contributed by atoms with Crippen LogP contribution >= 0.6 is 11.3 Å². The van der Waals surface area contributed by atoms with Crippen molar-refractivity contribution in [3.63, 3.8) is 0 Å². The zero-order chi connectivity index (χ0) is 14.1. The molecule has 20 heavy (non-hydrogen) atoms. The van der Waals surface area contributed by atoms with Crippen molar-refractivity contribution in [2.45, 2.75) is 46.7 Å². The average Bonchev–Trinajstić information content (AvgIpc) is 2.76. The molecule has 0 aliphatic carbocycles. The van der Waals surface area contributed by atoms with Crippen molar-refractivity contribution in [2.75, 3.05) is 19.8 Å². The summed E-state index contributed by atoms with van der Waals surface area (Å²) in [6, 6.07) is 0.880. The van der Waals surface area contributed by atoms with Gasteiger partial charge in [-0.05, 0) is 20.8 Å². The number of nitrogens with zero attached hydrogens (tertiary/aromatic N) is 1. The standard InChI is InChI=1S/C13H26NO3SSi.ClH/c1-5-15-19(16-6-2,17-7-3)10-8-9-14-12-18-11-13(14)4;/h11-12H,5-10H2,1-4H3;1H/q+1;/p-1. The monoisotopic (exact) mass is 339 g/mol. The fraction of sp³-hybridized carbons (Fsp3) is 0.769. The van der Waals surface area contributed by atoms with E-state index in [1.165, 1.54) is 5.69 Å². The molecule has 0 aromatic carbocycles. The molecule has 1 rings (SSSR count).